The van der Waals surface area contributed by atoms with Crippen molar-refractivity contribution < 1.29 is 31.7 Å². The number of benzene rings is 2. The Morgan fingerprint density at radius 3 is 2.46 bits per heavy atom. The summed E-state index contributed by atoms with van der Waals surface area (Å²) in [5.41, 5.74) is -0.936. The lowest BCUT2D eigenvalue weighted by atomic mass is 10.1. The minimum atomic E-state index is -4.61. The van der Waals surface area contributed by atoms with Crippen LogP contribution in [0.25, 0.3) is 0 Å². The monoisotopic (exact) mass is 418 g/mol. The molecule has 2 atom stereocenters. The quantitative estimate of drug-likeness (QED) is 0.487. The molecule has 0 aliphatic carbocycles. The summed E-state index contributed by atoms with van der Waals surface area (Å²) in [6.45, 7) is 0. The van der Waals surface area contributed by atoms with Gasteiger partial charge in [0.2, 0.25) is 5.44 Å². The summed E-state index contributed by atoms with van der Waals surface area (Å²) in [6.07, 6.45) is 0.575. The third-order valence-corrected chi connectivity index (χ3v) is 5.21. The van der Waals surface area contributed by atoms with Crippen molar-refractivity contribution in [1.29, 1.82) is 0 Å². The molecule has 0 saturated carbocycles. The standard InChI is InChI=1S/C16H16ClO7PS/c17-13-7-9-14(10-8-13)23-15-5-1-3-12(11-15)4-2-6-16(24-25(18)19)26(20,21)22/h1,3,5,7-11,16H,2,4,6H2,(H,20,21,22). The number of hydrogen-bond acceptors (Lipinski definition) is 6. The summed E-state index contributed by atoms with van der Waals surface area (Å²) < 4.78 is 51.7. The zero-order chi connectivity index (χ0) is 19.2. The molecular weight excluding hydrogens is 403 g/mol. The van der Waals surface area contributed by atoms with E-state index in [0.717, 1.165) is 5.56 Å². The van der Waals surface area contributed by atoms with Crippen molar-refractivity contribution in [2.24, 2.45) is 0 Å². The van der Waals surface area contributed by atoms with Crippen LogP contribution in [0, 0.1) is 0 Å². The Labute approximate surface area is 157 Å². The topological polar surface area (TPSA) is 113 Å². The summed E-state index contributed by atoms with van der Waals surface area (Å²) in [6, 6.07) is 14.0. The van der Waals surface area contributed by atoms with E-state index >= 15 is 0 Å². The van der Waals surface area contributed by atoms with Gasteiger partial charge in [-0.25, -0.2) is 0 Å². The molecule has 0 heterocycles. The van der Waals surface area contributed by atoms with E-state index in [9.17, 15) is 17.9 Å². The number of aryl methyl sites for hydroxylation is 1. The van der Waals surface area contributed by atoms with E-state index in [1.807, 2.05) is 6.07 Å². The highest BCUT2D eigenvalue weighted by Crippen LogP contribution is 2.25. The van der Waals surface area contributed by atoms with Gasteiger partial charge in [-0.1, -0.05) is 23.7 Å². The minimum Gasteiger partial charge on any atom is -0.566 e. The Kier molecular flexibility index (Phi) is 7.52. The average molecular weight is 419 g/mol. The fraction of sp³-hybridized carbons (Fsp3) is 0.250. The number of rotatable bonds is 9. The van der Waals surface area contributed by atoms with Gasteiger partial charge in [0.15, 0.2) is 0 Å². The third-order valence-electron chi connectivity index (χ3n) is 3.39. The summed E-state index contributed by atoms with van der Waals surface area (Å²) >= 11 is 5.82. The van der Waals surface area contributed by atoms with Crippen LogP contribution in [-0.4, -0.2) is 18.4 Å². The zero-order valence-electron chi connectivity index (χ0n) is 13.4. The average Bonchev–Trinajstić information content (AvgIpc) is 2.55. The van der Waals surface area contributed by atoms with Crippen LogP contribution < -0.4 is 9.63 Å². The molecule has 2 rings (SSSR count). The second kappa shape index (κ2) is 9.41. The first-order valence-corrected chi connectivity index (χ1v) is 10.5. The van der Waals surface area contributed by atoms with Crippen molar-refractivity contribution in [3.05, 3.63) is 59.1 Å². The largest absolute Gasteiger partial charge is 0.566 e. The minimum absolute atomic E-state index is 0.162. The molecule has 0 spiro atoms. The Morgan fingerprint density at radius 1 is 1.15 bits per heavy atom. The normalized spacial score (nSPS) is 13.3. The van der Waals surface area contributed by atoms with Gasteiger partial charge in [0.25, 0.3) is 10.1 Å². The first kappa shape index (κ1) is 20.8. The molecule has 0 amide bonds. The predicted molar refractivity (Wildman–Crippen MR) is 94.9 cm³/mol. The van der Waals surface area contributed by atoms with Crippen molar-refractivity contribution >= 4 is 30.0 Å². The Balaban J connectivity index is 1.95. The molecule has 26 heavy (non-hydrogen) atoms. The van der Waals surface area contributed by atoms with Crippen molar-refractivity contribution in [3.63, 3.8) is 0 Å². The Bertz CT molecular complexity index is 855. The van der Waals surface area contributed by atoms with Gasteiger partial charge >= 0.3 is 8.25 Å². The van der Waals surface area contributed by atoms with Crippen LogP contribution in [0.4, 0.5) is 0 Å². The maximum Gasteiger partial charge on any atom is 0.489 e. The van der Waals surface area contributed by atoms with E-state index in [0.29, 0.717) is 22.9 Å². The van der Waals surface area contributed by atoms with Crippen LogP contribution in [0.5, 0.6) is 11.5 Å². The molecule has 7 nitrogen and oxygen atoms in total. The van der Waals surface area contributed by atoms with Crippen LogP contribution in [0.1, 0.15) is 18.4 Å². The molecule has 0 bridgehead atoms. The maximum atomic E-state index is 11.1. The Morgan fingerprint density at radius 2 is 1.85 bits per heavy atom. The number of halogens is 1. The molecule has 0 radical (unpaired) electrons. The van der Waals surface area contributed by atoms with Gasteiger partial charge in [0.05, 0.1) is 0 Å². The second-order valence-electron chi connectivity index (χ2n) is 5.37. The lowest BCUT2D eigenvalue weighted by Gasteiger charge is -2.10. The summed E-state index contributed by atoms with van der Waals surface area (Å²) in [5, 5.41) is 0.599. The predicted octanol–water partition coefficient (Wildman–Crippen LogP) is 3.70. The van der Waals surface area contributed by atoms with Crippen LogP contribution >= 0.6 is 19.9 Å². The smallest absolute Gasteiger partial charge is 0.489 e. The third kappa shape index (κ3) is 6.99. The first-order chi connectivity index (χ1) is 12.2. The van der Waals surface area contributed by atoms with Crippen LogP contribution in [0.3, 0.4) is 0 Å². The van der Waals surface area contributed by atoms with Gasteiger partial charge in [-0.15, -0.1) is 4.52 Å². The summed E-state index contributed by atoms with van der Waals surface area (Å²) in [7, 11) is -7.99. The van der Waals surface area contributed by atoms with E-state index in [2.05, 4.69) is 4.52 Å². The van der Waals surface area contributed by atoms with E-state index in [1.165, 1.54) is 0 Å². The van der Waals surface area contributed by atoms with Crippen LogP contribution in [0.15, 0.2) is 48.5 Å². The second-order valence-corrected chi connectivity index (χ2v) is 8.02. The summed E-state index contributed by atoms with van der Waals surface area (Å²) in [4.78, 5) is 10.5. The van der Waals surface area contributed by atoms with E-state index in [4.69, 9.17) is 20.9 Å². The lowest BCUT2D eigenvalue weighted by Crippen LogP contribution is -2.22. The highest BCUT2D eigenvalue weighted by molar-refractivity contribution is 7.86. The molecule has 140 valence electrons. The van der Waals surface area contributed by atoms with Crippen LogP contribution in [-0.2, 0) is 25.6 Å². The number of ether oxygens (including phenoxy) is 1. The SMILES string of the molecule is O=[P+]([O-])OC(CCCc1cccc(Oc2ccc(Cl)cc2)c1)S(=O)(=O)O. The number of hydrogen-bond donors (Lipinski definition) is 1. The maximum absolute atomic E-state index is 11.1. The van der Waals surface area contributed by atoms with E-state index < -0.39 is 23.8 Å². The van der Waals surface area contributed by atoms with Crippen LogP contribution in [0.2, 0.25) is 5.02 Å². The zero-order valence-corrected chi connectivity index (χ0v) is 15.9. The molecule has 0 aliphatic rings. The van der Waals surface area contributed by atoms with Crippen molar-refractivity contribution in [2.75, 3.05) is 0 Å². The molecule has 2 unspecified atom stereocenters. The molecule has 0 aliphatic heterocycles. The summed E-state index contributed by atoms with van der Waals surface area (Å²) in [5.74, 6) is 1.21. The van der Waals surface area contributed by atoms with Gasteiger partial charge in [0, 0.05) is 5.02 Å². The van der Waals surface area contributed by atoms with Crippen molar-refractivity contribution in [3.8, 4) is 11.5 Å². The van der Waals surface area contributed by atoms with Gasteiger partial charge in [0.1, 0.15) is 11.5 Å². The van der Waals surface area contributed by atoms with Gasteiger partial charge in [-0.3, -0.25) is 4.55 Å². The molecule has 0 fully saturated rings. The molecule has 2 aromatic carbocycles. The molecule has 0 aromatic heterocycles. The molecule has 0 saturated heterocycles. The van der Waals surface area contributed by atoms with Gasteiger partial charge in [-0.05, 0) is 65.8 Å². The van der Waals surface area contributed by atoms with E-state index in [-0.39, 0.29) is 12.8 Å². The van der Waals surface area contributed by atoms with Gasteiger partial charge in [-0.2, -0.15) is 8.42 Å². The fourth-order valence-corrected chi connectivity index (χ4v) is 3.76. The molecular formula is C16H16ClO7PS. The highest BCUT2D eigenvalue weighted by atomic mass is 35.5. The lowest BCUT2D eigenvalue weighted by molar-refractivity contribution is -0.187. The molecule has 10 heteroatoms. The van der Waals surface area contributed by atoms with Crippen molar-refractivity contribution in [1.82, 2.24) is 0 Å². The van der Waals surface area contributed by atoms with Crippen molar-refractivity contribution in [2.45, 2.75) is 24.7 Å². The Hall–Kier alpha value is -1.54. The van der Waals surface area contributed by atoms with E-state index in [1.54, 1.807) is 42.5 Å². The fourth-order valence-electron chi connectivity index (χ4n) is 2.23. The molecule has 2 aromatic rings. The molecule has 1 N–H and O–H groups in total. The first-order valence-electron chi connectivity index (χ1n) is 7.54. The van der Waals surface area contributed by atoms with Gasteiger partial charge < -0.3 is 9.63 Å². The highest BCUT2D eigenvalue weighted by Gasteiger charge is 2.29.